The molecule has 1 amide bonds. The quantitative estimate of drug-likeness (QED) is 0.855. The molecule has 5 nitrogen and oxygen atoms in total. The second kappa shape index (κ2) is 6.95. The third-order valence-electron chi connectivity index (χ3n) is 3.01. The molecule has 2 atom stereocenters. The van der Waals surface area contributed by atoms with Crippen LogP contribution in [0.4, 0.5) is 0 Å². The standard InChI is InChI=1S/C16H19NO4/c1-11-5-3-6-13(9-11)21-12(2)16(19)17-10-14(18)15-7-4-8-20-15/h3-9,12,14,18H,10H2,1-2H3,(H,17,19). The van der Waals surface area contributed by atoms with Gasteiger partial charge in [-0.25, -0.2) is 0 Å². The Balaban J connectivity index is 1.82. The van der Waals surface area contributed by atoms with Gasteiger partial charge in [0.1, 0.15) is 17.6 Å². The number of aliphatic hydroxyl groups is 1. The molecular formula is C16H19NO4. The Kier molecular flexibility index (Phi) is 5.00. The predicted molar refractivity (Wildman–Crippen MR) is 77.9 cm³/mol. The molecule has 112 valence electrons. The first-order chi connectivity index (χ1) is 10.1. The number of amides is 1. The predicted octanol–water partition coefficient (Wildman–Crippen LogP) is 2.21. The fourth-order valence-corrected chi connectivity index (χ4v) is 1.87. The summed E-state index contributed by atoms with van der Waals surface area (Å²) in [6.07, 6.45) is -0.0326. The molecule has 0 fully saturated rings. The van der Waals surface area contributed by atoms with Crippen LogP contribution >= 0.6 is 0 Å². The van der Waals surface area contributed by atoms with Gasteiger partial charge in [0.05, 0.1) is 12.8 Å². The van der Waals surface area contributed by atoms with Crippen LogP contribution in [0.15, 0.2) is 47.1 Å². The van der Waals surface area contributed by atoms with Gasteiger partial charge in [0, 0.05) is 0 Å². The summed E-state index contributed by atoms with van der Waals surface area (Å²) >= 11 is 0. The Bertz CT molecular complexity index is 580. The maximum atomic E-state index is 11.9. The van der Waals surface area contributed by atoms with E-state index >= 15 is 0 Å². The van der Waals surface area contributed by atoms with Crippen LogP contribution in [0.25, 0.3) is 0 Å². The lowest BCUT2D eigenvalue weighted by Gasteiger charge is -2.16. The fraction of sp³-hybridized carbons (Fsp3) is 0.312. The van der Waals surface area contributed by atoms with Crippen molar-refractivity contribution < 1.29 is 19.1 Å². The van der Waals surface area contributed by atoms with Gasteiger partial charge in [-0.1, -0.05) is 12.1 Å². The molecule has 1 heterocycles. The summed E-state index contributed by atoms with van der Waals surface area (Å²) < 4.78 is 10.6. The van der Waals surface area contributed by atoms with Gasteiger partial charge in [0.25, 0.3) is 5.91 Å². The average molecular weight is 289 g/mol. The van der Waals surface area contributed by atoms with E-state index in [0.717, 1.165) is 5.56 Å². The van der Waals surface area contributed by atoms with E-state index in [-0.39, 0.29) is 12.5 Å². The first-order valence-electron chi connectivity index (χ1n) is 6.79. The number of hydrogen-bond donors (Lipinski definition) is 2. The van der Waals surface area contributed by atoms with Crippen LogP contribution in [0.1, 0.15) is 24.4 Å². The van der Waals surface area contributed by atoms with Crippen LogP contribution in [-0.4, -0.2) is 23.7 Å². The van der Waals surface area contributed by atoms with Crippen molar-refractivity contribution in [2.75, 3.05) is 6.54 Å². The zero-order valence-corrected chi connectivity index (χ0v) is 12.1. The topological polar surface area (TPSA) is 71.7 Å². The largest absolute Gasteiger partial charge is 0.481 e. The average Bonchev–Trinajstić information content (AvgIpc) is 2.98. The number of nitrogens with one attached hydrogen (secondary N) is 1. The van der Waals surface area contributed by atoms with Crippen LogP contribution in [0.5, 0.6) is 5.75 Å². The Hall–Kier alpha value is -2.27. The molecule has 0 saturated carbocycles. The molecule has 0 aliphatic rings. The molecule has 0 saturated heterocycles. The third-order valence-corrected chi connectivity index (χ3v) is 3.01. The lowest BCUT2D eigenvalue weighted by atomic mass is 10.2. The molecule has 0 bridgehead atoms. The van der Waals surface area contributed by atoms with Crippen LogP contribution in [0.3, 0.4) is 0 Å². The highest BCUT2D eigenvalue weighted by atomic mass is 16.5. The number of hydrogen-bond acceptors (Lipinski definition) is 4. The lowest BCUT2D eigenvalue weighted by Crippen LogP contribution is -2.38. The normalized spacial score (nSPS) is 13.5. The molecule has 2 rings (SSSR count). The number of aliphatic hydroxyl groups excluding tert-OH is 1. The van der Waals surface area contributed by atoms with E-state index in [1.165, 1.54) is 6.26 Å². The van der Waals surface area contributed by atoms with Gasteiger partial charge in [-0.05, 0) is 43.7 Å². The lowest BCUT2D eigenvalue weighted by molar-refractivity contribution is -0.127. The van der Waals surface area contributed by atoms with E-state index in [1.54, 1.807) is 25.1 Å². The van der Waals surface area contributed by atoms with Crippen LogP contribution < -0.4 is 10.1 Å². The van der Waals surface area contributed by atoms with Crippen LogP contribution in [0, 0.1) is 6.92 Å². The fourth-order valence-electron chi connectivity index (χ4n) is 1.87. The van der Waals surface area contributed by atoms with Gasteiger partial charge in [-0.3, -0.25) is 4.79 Å². The van der Waals surface area contributed by atoms with E-state index in [0.29, 0.717) is 11.5 Å². The molecule has 2 aromatic rings. The first-order valence-corrected chi connectivity index (χ1v) is 6.79. The third kappa shape index (κ3) is 4.36. The van der Waals surface area contributed by atoms with Crippen molar-refractivity contribution >= 4 is 5.91 Å². The Morgan fingerprint density at radius 2 is 2.19 bits per heavy atom. The van der Waals surface area contributed by atoms with Gasteiger partial charge >= 0.3 is 0 Å². The molecule has 1 aromatic heterocycles. The summed E-state index contributed by atoms with van der Waals surface area (Å²) in [7, 11) is 0. The number of carbonyl (C=O) groups excluding carboxylic acids is 1. The highest BCUT2D eigenvalue weighted by Gasteiger charge is 2.17. The van der Waals surface area contributed by atoms with E-state index in [2.05, 4.69) is 5.32 Å². The van der Waals surface area contributed by atoms with E-state index < -0.39 is 12.2 Å². The van der Waals surface area contributed by atoms with Gasteiger partial charge in [0.2, 0.25) is 0 Å². The summed E-state index contributed by atoms with van der Waals surface area (Å²) in [5.74, 6) is 0.772. The molecule has 0 aliphatic heterocycles. The van der Waals surface area contributed by atoms with E-state index in [4.69, 9.17) is 9.15 Å². The Morgan fingerprint density at radius 1 is 1.38 bits per heavy atom. The minimum atomic E-state index is -0.866. The summed E-state index contributed by atoms with van der Waals surface area (Å²) in [5.41, 5.74) is 1.06. The summed E-state index contributed by atoms with van der Waals surface area (Å²) in [5, 5.41) is 12.4. The number of rotatable bonds is 6. The van der Waals surface area contributed by atoms with Crippen LogP contribution in [-0.2, 0) is 4.79 Å². The molecule has 0 aliphatic carbocycles. The molecule has 1 aromatic carbocycles. The molecule has 21 heavy (non-hydrogen) atoms. The summed E-state index contributed by atoms with van der Waals surface area (Å²) in [4.78, 5) is 11.9. The van der Waals surface area contributed by atoms with Crippen molar-refractivity contribution in [2.24, 2.45) is 0 Å². The summed E-state index contributed by atoms with van der Waals surface area (Å²) in [6.45, 7) is 3.70. The molecule has 0 radical (unpaired) electrons. The minimum absolute atomic E-state index is 0.0772. The highest BCUT2D eigenvalue weighted by Crippen LogP contribution is 2.15. The Morgan fingerprint density at radius 3 is 2.86 bits per heavy atom. The van der Waals surface area contributed by atoms with E-state index in [9.17, 15) is 9.90 Å². The molecule has 2 unspecified atom stereocenters. The SMILES string of the molecule is Cc1cccc(OC(C)C(=O)NCC(O)c2ccco2)c1. The van der Waals surface area contributed by atoms with Gasteiger partial charge in [0.15, 0.2) is 6.10 Å². The highest BCUT2D eigenvalue weighted by molar-refractivity contribution is 5.80. The smallest absolute Gasteiger partial charge is 0.260 e. The number of ether oxygens (including phenoxy) is 1. The van der Waals surface area contributed by atoms with Crippen molar-refractivity contribution in [1.29, 1.82) is 0 Å². The molecule has 5 heteroatoms. The van der Waals surface area contributed by atoms with Crippen molar-refractivity contribution in [2.45, 2.75) is 26.1 Å². The van der Waals surface area contributed by atoms with Crippen molar-refractivity contribution in [1.82, 2.24) is 5.32 Å². The van der Waals surface area contributed by atoms with E-state index in [1.807, 2.05) is 25.1 Å². The molecule has 2 N–H and O–H groups in total. The second-order valence-electron chi connectivity index (χ2n) is 4.85. The number of aryl methyl sites for hydroxylation is 1. The Labute approximate surface area is 123 Å². The van der Waals surface area contributed by atoms with Crippen molar-refractivity contribution in [3.63, 3.8) is 0 Å². The van der Waals surface area contributed by atoms with Gasteiger partial charge in [-0.2, -0.15) is 0 Å². The van der Waals surface area contributed by atoms with Gasteiger partial charge in [-0.15, -0.1) is 0 Å². The molecule has 0 spiro atoms. The number of benzene rings is 1. The number of carbonyl (C=O) groups is 1. The first kappa shape index (κ1) is 15.1. The van der Waals surface area contributed by atoms with Crippen molar-refractivity contribution in [3.05, 3.63) is 54.0 Å². The van der Waals surface area contributed by atoms with Gasteiger partial charge < -0.3 is 19.6 Å². The molecular weight excluding hydrogens is 270 g/mol. The minimum Gasteiger partial charge on any atom is -0.481 e. The monoisotopic (exact) mass is 289 g/mol. The van der Waals surface area contributed by atoms with Crippen molar-refractivity contribution in [3.8, 4) is 5.75 Å². The maximum Gasteiger partial charge on any atom is 0.260 e. The zero-order chi connectivity index (χ0) is 15.2. The summed E-state index contributed by atoms with van der Waals surface area (Å²) in [6, 6.07) is 10.8. The maximum absolute atomic E-state index is 11.9. The zero-order valence-electron chi connectivity index (χ0n) is 12.1. The van der Waals surface area contributed by atoms with Crippen LogP contribution in [0.2, 0.25) is 0 Å². The second-order valence-corrected chi connectivity index (χ2v) is 4.85. The number of furan rings is 1.